The van der Waals surface area contributed by atoms with Crippen molar-refractivity contribution >= 4 is 33.3 Å². The van der Waals surface area contributed by atoms with Crippen molar-refractivity contribution in [1.82, 2.24) is 30.2 Å². The Morgan fingerprint density at radius 2 is 2.12 bits per heavy atom. The number of fused-ring (bicyclic) bond motifs is 2. The number of anilines is 1. The zero-order chi connectivity index (χ0) is 22.9. The van der Waals surface area contributed by atoms with E-state index in [2.05, 4.69) is 27.1 Å². The Morgan fingerprint density at radius 1 is 1.31 bits per heavy atom. The molecule has 10 nitrogen and oxygen atoms in total. The summed E-state index contributed by atoms with van der Waals surface area (Å²) in [6.07, 6.45) is -2.70. The lowest BCUT2D eigenvalue weighted by molar-refractivity contribution is -0.147. The molecule has 0 aromatic carbocycles. The first-order chi connectivity index (χ1) is 15.3. The number of hydrazine groups is 1. The predicted octanol–water partition coefficient (Wildman–Crippen LogP) is 2.03. The Labute approximate surface area is 184 Å². The summed E-state index contributed by atoms with van der Waals surface area (Å²) in [4.78, 5) is 24.0. The highest BCUT2D eigenvalue weighted by Crippen LogP contribution is 2.35. The first-order valence-corrected chi connectivity index (χ1v) is 10.8. The van der Waals surface area contributed by atoms with Crippen LogP contribution in [0.2, 0.25) is 0 Å². The van der Waals surface area contributed by atoms with Crippen molar-refractivity contribution in [1.29, 1.82) is 0 Å². The molecule has 1 aliphatic rings. The molecule has 3 aromatic heterocycles. The number of nitrogens with two attached hydrogens (primary N) is 1. The zero-order valence-corrected chi connectivity index (χ0v) is 18.0. The number of thiophene rings is 1. The average molecular weight is 470 g/mol. The lowest BCUT2D eigenvalue weighted by Crippen LogP contribution is -2.36. The van der Waals surface area contributed by atoms with Gasteiger partial charge >= 0.3 is 12.2 Å². The number of nitrogens with zero attached hydrogens (tertiary/aromatic N) is 6. The number of carbonyl (C=O) groups excluding carboxylic acids is 1. The molecule has 4 rings (SSSR count). The van der Waals surface area contributed by atoms with E-state index in [1.54, 1.807) is 0 Å². The summed E-state index contributed by atoms with van der Waals surface area (Å²) < 4.78 is 46.1. The minimum atomic E-state index is -4.56. The molecule has 0 saturated heterocycles. The predicted molar refractivity (Wildman–Crippen MR) is 110 cm³/mol. The van der Waals surface area contributed by atoms with Crippen LogP contribution >= 0.6 is 11.3 Å². The van der Waals surface area contributed by atoms with E-state index in [-0.39, 0.29) is 50.4 Å². The number of amides is 1. The van der Waals surface area contributed by atoms with Crippen LogP contribution in [0, 0.1) is 0 Å². The summed E-state index contributed by atoms with van der Waals surface area (Å²) in [7, 11) is 0. The van der Waals surface area contributed by atoms with Crippen LogP contribution in [0.1, 0.15) is 36.3 Å². The van der Waals surface area contributed by atoms with Crippen molar-refractivity contribution in [3.8, 4) is 6.01 Å². The summed E-state index contributed by atoms with van der Waals surface area (Å²) in [5.74, 6) is 4.45. The van der Waals surface area contributed by atoms with Crippen molar-refractivity contribution < 1.29 is 22.7 Å². The van der Waals surface area contributed by atoms with Gasteiger partial charge in [0.1, 0.15) is 17.3 Å². The first-order valence-electron chi connectivity index (χ1n) is 9.97. The molecule has 4 heterocycles. The standard InChI is InChI=1S/C18H21F3N8O2S/c1-2-3-10-8-11-14(23-17(24-15(11)32-10)31-7-4-13(30)25-22)28-5-6-29-12(9-28)26-27-16(29)18(19,20)21/h8H,2-7,9,22H2,1H3,(H,25,30). The van der Waals surface area contributed by atoms with Crippen LogP contribution in [0.5, 0.6) is 6.01 Å². The molecule has 0 saturated carbocycles. The van der Waals surface area contributed by atoms with E-state index in [9.17, 15) is 18.0 Å². The molecule has 3 aromatic rings. The maximum Gasteiger partial charge on any atom is 0.451 e. The number of hydrogen-bond acceptors (Lipinski definition) is 9. The van der Waals surface area contributed by atoms with Gasteiger partial charge in [-0.15, -0.1) is 21.5 Å². The van der Waals surface area contributed by atoms with Crippen molar-refractivity contribution in [2.24, 2.45) is 5.84 Å². The van der Waals surface area contributed by atoms with Crippen molar-refractivity contribution in [2.75, 3.05) is 18.1 Å². The maximum absolute atomic E-state index is 13.2. The molecule has 0 fully saturated rings. The number of rotatable bonds is 7. The number of carbonyl (C=O) groups is 1. The SMILES string of the molecule is CCCc1cc2c(N3CCn4c(nnc4C(F)(F)F)C3)nc(OCCC(=O)NN)nc2s1. The molecule has 14 heteroatoms. The van der Waals surface area contributed by atoms with Gasteiger partial charge in [0.2, 0.25) is 11.7 Å². The Bertz CT molecular complexity index is 1130. The normalized spacial score (nSPS) is 14.0. The lowest BCUT2D eigenvalue weighted by atomic mass is 10.2. The molecule has 32 heavy (non-hydrogen) atoms. The van der Waals surface area contributed by atoms with Gasteiger partial charge in [-0.1, -0.05) is 13.3 Å². The molecule has 1 aliphatic heterocycles. The van der Waals surface area contributed by atoms with Gasteiger partial charge < -0.3 is 14.2 Å². The number of ether oxygens (including phenoxy) is 1. The molecular weight excluding hydrogens is 449 g/mol. The van der Waals surface area contributed by atoms with E-state index in [1.165, 1.54) is 11.3 Å². The Hall–Kier alpha value is -3.00. The van der Waals surface area contributed by atoms with Gasteiger partial charge in [-0.05, 0) is 12.5 Å². The quantitative estimate of drug-likeness (QED) is 0.305. The van der Waals surface area contributed by atoms with Crippen molar-refractivity contribution in [3.05, 3.63) is 22.6 Å². The van der Waals surface area contributed by atoms with Crippen LogP contribution in [0.25, 0.3) is 10.2 Å². The number of aromatic nitrogens is 5. The van der Waals surface area contributed by atoms with Crippen LogP contribution in [0.4, 0.5) is 19.0 Å². The molecule has 1 amide bonds. The maximum atomic E-state index is 13.2. The van der Waals surface area contributed by atoms with Crippen LogP contribution in [0.3, 0.4) is 0 Å². The van der Waals surface area contributed by atoms with Gasteiger partial charge in [-0.2, -0.15) is 23.1 Å². The molecular formula is C18H21F3N8O2S. The Balaban J connectivity index is 1.65. The summed E-state index contributed by atoms with van der Waals surface area (Å²) in [6, 6.07) is 2.09. The third-order valence-corrected chi connectivity index (χ3v) is 6.02. The fourth-order valence-electron chi connectivity index (χ4n) is 3.47. The second-order valence-corrected chi connectivity index (χ2v) is 8.30. The third kappa shape index (κ3) is 4.46. The minimum absolute atomic E-state index is 0.0322. The zero-order valence-electron chi connectivity index (χ0n) is 17.1. The topological polar surface area (TPSA) is 124 Å². The molecule has 3 N–H and O–H groups in total. The fraction of sp³-hybridized carbons (Fsp3) is 0.500. The summed E-state index contributed by atoms with van der Waals surface area (Å²) in [6.45, 7) is 2.58. The van der Waals surface area contributed by atoms with E-state index in [4.69, 9.17) is 10.6 Å². The van der Waals surface area contributed by atoms with E-state index in [0.29, 0.717) is 10.6 Å². The van der Waals surface area contributed by atoms with Gasteiger partial charge in [0.15, 0.2) is 5.82 Å². The minimum Gasteiger partial charge on any atom is -0.463 e. The van der Waals surface area contributed by atoms with Gasteiger partial charge in [-0.25, -0.2) is 5.84 Å². The smallest absolute Gasteiger partial charge is 0.451 e. The van der Waals surface area contributed by atoms with Gasteiger partial charge in [-0.3, -0.25) is 10.2 Å². The monoisotopic (exact) mass is 470 g/mol. The Morgan fingerprint density at radius 3 is 2.84 bits per heavy atom. The molecule has 0 aliphatic carbocycles. The lowest BCUT2D eigenvalue weighted by Gasteiger charge is -2.29. The number of hydrogen-bond donors (Lipinski definition) is 2. The number of alkyl halides is 3. The number of halogens is 3. The van der Waals surface area contributed by atoms with Crippen LogP contribution < -0.4 is 20.9 Å². The summed E-state index contributed by atoms with van der Waals surface area (Å²) in [5.41, 5.74) is 2.02. The van der Waals surface area contributed by atoms with E-state index < -0.39 is 12.0 Å². The fourth-order valence-corrected chi connectivity index (χ4v) is 4.58. The molecule has 0 atom stereocenters. The van der Waals surface area contributed by atoms with Crippen molar-refractivity contribution in [3.63, 3.8) is 0 Å². The first kappa shape index (κ1) is 22.2. The molecule has 172 valence electrons. The van der Waals surface area contributed by atoms with Crippen LogP contribution in [-0.4, -0.2) is 43.8 Å². The average Bonchev–Trinajstić information content (AvgIpc) is 3.36. The highest BCUT2D eigenvalue weighted by atomic mass is 32.1. The summed E-state index contributed by atoms with van der Waals surface area (Å²) >= 11 is 1.51. The Kier molecular flexibility index (Phi) is 6.15. The highest BCUT2D eigenvalue weighted by Gasteiger charge is 2.39. The van der Waals surface area contributed by atoms with Crippen LogP contribution in [0.15, 0.2) is 6.07 Å². The second kappa shape index (κ2) is 8.86. The van der Waals surface area contributed by atoms with Gasteiger partial charge in [0, 0.05) is 18.0 Å². The van der Waals surface area contributed by atoms with Crippen molar-refractivity contribution in [2.45, 2.75) is 45.5 Å². The molecule has 0 radical (unpaired) electrons. The van der Waals surface area contributed by atoms with E-state index >= 15 is 0 Å². The molecule has 0 spiro atoms. The number of aryl methyl sites for hydroxylation is 1. The summed E-state index contributed by atoms with van der Waals surface area (Å²) in [5, 5.41) is 7.87. The van der Waals surface area contributed by atoms with Gasteiger partial charge in [0.05, 0.1) is 18.4 Å². The highest BCUT2D eigenvalue weighted by molar-refractivity contribution is 7.18. The number of nitrogens with one attached hydrogen (secondary N) is 1. The van der Waals surface area contributed by atoms with E-state index in [1.807, 2.05) is 16.4 Å². The van der Waals surface area contributed by atoms with E-state index in [0.717, 1.165) is 27.7 Å². The second-order valence-electron chi connectivity index (χ2n) is 7.19. The molecule has 0 bridgehead atoms. The third-order valence-electron chi connectivity index (χ3n) is 4.93. The largest absolute Gasteiger partial charge is 0.463 e. The van der Waals surface area contributed by atoms with Gasteiger partial charge in [0.25, 0.3) is 0 Å². The molecule has 0 unspecified atom stereocenters. The van der Waals surface area contributed by atoms with Crippen LogP contribution in [-0.2, 0) is 30.5 Å².